The maximum atomic E-state index is 11.1. The van der Waals surface area contributed by atoms with Crippen LogP contribution in [0.25, 0.3) is 10.9 Å². The maximum absolute atomic E-state index is 11.1. The first-order valence-electron chi connectivity index (χ1n) is 17.3. The number of nitrogens with zero attached hydrogens (tertiary/aromatic N) is 4. The van der Waals surface area contributed by atoms with Crippen molar-refractivity contribution in [2.45, 2.75) is 46.9 Å². The number of piperazine rings is 1. The number of amides is 1. The summed E-state index contributed by atoms with van der Waals surface area (Å²) in [5, 5.41) is 4.10. The molecule has 4 aromatic rings. The number of anilines is 2. The number of alkyl carbamates (subject to hydrolysis) is 1. The number of hydrogen-bond donors (Lipinski definition) is 2. The lowest BCUT2D eigenvalue weighted by molar-refractivity contribution is 0.153. The molecule has 1 amide bonds. The fourth-order valence-corrected chi connectivity index (χ4v) is 8.32. The number of nitrogens with one attached hydrogen (secondary N) is 2. The average Bonchev–Trinajstić information content (AvgIpc) is 3.69. The number of likely N-dealkylation sites (N-methyl/N-ethyl adjacent to an activating group) is 2. The third-order valence-corrected chi connectivity index (χ3v) is 11.2. The number of cyclic esters (lactones) is 1. The summed E-state index contributed by atoms with van der Waals surface area (Å²) in [5.74, 6) is 1.12. The standard InChI is InChI=1S/C22H29N3S2.C16H21N3O2/c1-3-26-18-9-10-22-20(17-18)25(19-7-4-5-8-21(19)27-22)12-6-11-24-15-13-23(2)14-16-24;1-19(2)6-5-12-9-17-15-4-3-11(8-14(12)15)7-13-10-21-16(20)18-13/h4-5,7-10,17H,3,6,11-16H2,1-2H3;3-4,8-9,13,17H,5-7,10H2,1-2H3,(H,18,20)/t;13-/m.0/s1. The van der Waals surface area contributed by atoms with E-state index in [0.717, 1.165) is 31.7 Å². The van der Waals surface area contributed by atoms with E-state index >= 15 is 0 Å². The van der Waals surface area contributed by atoms with Crippen LogP contribution in [0.3, 0.4) is 0 Å². The maximum Gasteiger partial charge on any atom is 0.407 e. The molecule has 10 heteroatoms. The lowest BCUT2D eigenvalue weighted by Gasteiger charge is -2.35. The van der Waals surface area contributed by atoms with E-state index in [1.807, 2.05) is 23.5 Å². The molecule has 0 bridgehead atoms. The number of thioether (sulfide) groups is 1. The molecule has 2 N–H and O–H groups in total. The number of hydrogen-bond acceptors (Lipinski definition) is 8. The Balaban J connectivity index is 0.000000173. The van der Waals surface area contributed by atoms with E-state index in [1.54, 1.807) is 0 Å². The molecule has 1 aromatic heterocycles. The van der Waals surface area contributed by atoms with Crippen LogP contribution in [0.2, 0.25) is 0 Å². The zero-order chi connectivity index (χ0) is 33.5. The highest BCUT2D eigenvalue weighted by Crippen LogP contribution is 2.49. The van der Waals surface area contributed by atoms with Crippen molar-refractivity contribution in [2.75, 3.05) is 84.2 Å². The molecule has 3 aromatic carbocycles. The number of aromatic nitrogens is 1. The van der Waals surface area contributed by atoms with Crippen LogP contribution in [0.5, 0.6) is 0 Å². The predicted octanol–water partition coefficient (Wildman–Crippen LogP) is 6.96. The quantitative estimate of drug-likeness (QED) is 0.164. The van der Waals surface area contributed by atoms with E-state index in [2.05, 4.69) is 125 Å². The number of para-hydroxylation sites is 1. The number of fused-ring (bicyclic) bond motifs is 3. The van der Waals surface area contributed by atoms with E-state index in [1.165, 1.54) is 87.2 Å². The van der Waals surface area contributed by atoms with Gasteiger partial charge >= 0.3 is 6.09 Å². The van der Waals surface area contributed by atoms with E-state index < -0.39 is 0 Å². The molecule has 1 atom stereocenters. The topological polar surface area (TPSA) is 67.1 Å². The lowest BCUT2D eigenvalue weighted by Crippen LogP contribution is -2.45. The van der Waals surface area contributed by atoms with Gasteiger partial charge in [0.15, 0.2) is 0 Å². The van der Waals surface area contributed by atoms with Gasteiger partial charge in [-0.3, -0.25) is 0 Å². The van der Waals surface area contributed by atoms with Gasteiger partial charge in [-0.25, -0.2) is 4.79 Å². The Morgan fingerprint density at radius 2 is 1.79 bits per heavy atom. The molecule has 4 heterocycles. The smallest absolute Gasteiger partial charge is 0.407 e. The second-order valence-electron chi connectivity index (χ2n) is 13.2. The number of rotatable bonds is 11. The number of ether oxygens (including phenoxy) is 1. The van der Waals surface area contributed by atoms with Crippen molar-refractivity contribution in [3.05, 3.63) is 78.0 Å². The molecule has 0 aliphatic carbocycles. The van der Waals surface area contributed by atoms with Gasteiger partial charge in [0, 0.05) is 71.1 Å². The summed E-state index contributed by atoms with van der Waals surface area (Å²) >= 11 is 3.84. The van der Waals surface area contributed by atoms with Gasteiger partial charge in [-0.15, -0.1) is 11.8 Å². The summed E-state index contributed by atoms with van der Waals surface area (Å²) in [4.78, 5) is 28.3. The highest BCUT2D eigenvalue weighted by Gasteiger charge is 2.24. The molecule has 3 aliphatic rings. The van der Waals surface area contributed by atoms with Crippen LogP contribution >= 0.6 is 23.5 Å². The summed E-state index contributed by atoms with van der Waals surface area (Å²) < 4.78 is 4.94. The first kappa shape index (κ1) is 34.7. The molecule has 0 saturated carbocycles. The molecule has 0 unspecified atom stereocenters. The Labute approximate surface area is 294 Å². The van der Waals surface area contributed by atoms with Gasteiger partial charge in [-0.05, 0) is 106 Å². The van der Waals surface area contributed by atoms with Crippen molar-refractivity contribution in [1.29, 1.82) is 0 Å². The summed E-state index contributed by atoms with van der Waals surface area (Å²) in [6.07, 6.45) is 4.82. The zero-order valence-electron chi connectivity index (χ0n) is 28.8. The fourth-order valence-electron chi connectivity index (χ4n) is 6.55. The molecule has 8 nitrogen and oxygen atoms in total. The van der Waals surface area contributed by atoms with Crippen LogP contribution in [0, 0.1) is 0 Å². The van der Waals surface area contributed by atoms with Crippen LogP contribution in [0.4, 0.5) is 16.2 Å². The normalized spacial score (nSPS) is 17.9. The highest BCUT2D eigenvalue weighted by molar-refractivity contribution is 8.00. The Hall–Kier alpha value is -3.15. The first-order chi connectivity index (χ1) is 23.4. The minimum Gasteiger partial charge on any atom is -0.447 e. The number of H-pyrrole nitrogens is 1. The number of benzene rings is 3. The van der Waals surface area contributed by atoms with Crippen LogP contribution in [0.15, 0.2) is 81.5 Å². The second kappa shape index (κ2) is 16.5. The van der Waals surface area contributed by atoms with Crippen molar-refractivity contribution in [3.63, 3.8) is 0 Å². The van der Waals surface area contributed by atoms with Gasteiger partial charge in [-0.2, -0.15) is 0 Å². The molecular formula is C38H50N6O2S2. The Bertz CT molecular complexity index is 1670. The minimum atomic E-state index is -0.311. The molecular weight excluding hydrogens is 637 g/mol. The van der Waals surface area contributed by atoms with Crippen molar-refractivity contribution in [1.82, 2.24) is 25.0 Å². The van der Waals surface area contributed by atoms with Gasteiger partial charge in [0.25, 0.3) is 0 Å². The highest BCUT2D eigenvalue weighted by atomic mass is 32.2. The number of carbonyl (C=O) groups is 1. The Morgan fingerprint density at radius 1 is 0.979 bits per heavy atom. The monoisotopic (exact) mass is 686 g/mol. The third kappa shape index (κ3) is 8.90. The summed E-state index contributed by atoms with van der Waals surface area (Å²) in [7, 11) is 6.40. The fraction of sp³-hybridized carbons (Fsp3) is 0.447. The first-order valence-corrected chi connectivity index (χ1v) is 19.1. The SMILES string of the molecule is CCSc1ccc2c(c1)N(CCCN1CCN(C)CC1)c1ccccc1S2.CN(C)CCc1c[nH]c2ccc(C[C@H]3COC(=O)N3)cc12. The van der Waals surface area contributed by atoms with Crippen LogP contribution in [0.1, 0.15) is 24.5 Å². The molecule has 0 spiro atoms. The van der Waals surface area contributed by atoms with E-state index in [9.17, 15) is 4.79 Å². The van der Waals surface area contributed by atoms with Crippen molar-refractivity contribution in [2.24, 2.45) is 0 Å². The number of aromatic amines is 1. The largest absolute Gasteiger partial charge is 0.447 e. The van der Waals surface area contributed by atoms with Crippen LogP contribution in [-0.4, -0.2) is 111 Å². The van der Waals surface area contributed by atoms with Crippen molar-refractivity contribution >= 4 is 51.9 Å². The van der Waals surface area contributed by atoms with Gasteiger partial charge in [0.2, 0.25) is 0 Å². The molecule has 256 valence electrons. The second-order valence-corrected chi connectivity index (χ2v) is 15.6. The lowest BCUT2D eigenvalue weighted by atomic mass is 10.0. The van der Waals surface area contributed by atoms with Gasteiger partial charge < -0.3 is 34.6 Å². The van der Waals surface area contributed by atoms with Gasteiger partial charge in [-0.1, -0.05) is 36.9 Å². The molecule has 2 saturated heterocycles. The van der Waals surface area contributed by atoms with Crippen molar-refractivity contribution in [3.8, 4) is 0 Å². The van der Waals surface area contributed by atoms with Crippen LogP contribution in [-0.2, 0) is 17.6 Å². The van der Waals surface area contributed by atoms with Gasteiger partial charge in [0.05, 0.1) is 17.4 Å². The summed E-state index contributed by atoms with van der Waals surface area (Å²) in [5.41, 5.74) is 6.48. The van der Waals surface area contributed by atoms with E-state index in [0.29, 0.717) is 6.61 Å². The van der Waals surface area contributed by atoms with E-state index in [4.69, 9.17) is 4.74 Å². The zero-order valence-corrected chi connectivity index (χ0v) is 30.5. The average molecular weight is 687 g/mol. The number of carbonyl (C=O) groups excluding carboxylic acids is 1. The van der Waals surface area contributed by atoms with Crippen LogP contribution < -0.4 is 10.2 Å². The van der Waals surface area contributed by atoms with Crippen molar-refractivity contribution < 1.29 is 9.53 Å². The Morgan fingerprint density at radius 3 is 2.56 bits per heavy atom. The summed E-state index contributed by atoms with van der Waals surface area (Å²) in [6.45, 7) is 10.8. The minimum absolute atomic E-state index is 0.0825. The molecule has 48 heavy (non-hydrogen) atoms. The van der Waals surface area contributed by atoms with E-state index in [-0.39, 0.29) is 12.1 Å². The van der Waals surface area contributed by atoms with Gasteiger partial charge in [0.1, 0.15) is 6.61 Å². The molecule has 2 fully saturated rings. The predicted molar refractivity (Wildman–Crippen MR) is 201 cm³/mol. The Kier molecular flexibility index (Phi) is 11.9. The third-order valence-electron chi connectivity index (χ3n) is 9.24. The molecule has 3 aliphatic heterocycles. The molecule has 7 rings (SSSR count). The summed E-state index contributed by atoms with van der Waals surface area (Å²) in [6, 6.07) is 22.4. The molecule has 0 radical (unpaired) electrons.